The van der Waals surface area contributed by atoms with E-state index in [0.29, 0.717) is 36.2 Å². The second kappa shape index (κ2) is 6.60. The standard InChI is InChI=1S/C17H22N4O3/c1-3-19-7-9-20(10-8-19)16(23)12-5-6-14-13(11-12)18-15(22)17(24)21(14)4-2/h5-6,11H,3-4,7-10H2,1-2H3,(H,18,22). The Labute approximate surface area is 139 Å². The van der Waals surface area contributed by atoms with Crippen molar-refractivity contribution in [3.63, 3.8) is 0 Å². The van der Waals surface area contributed by atoms with Crippen molar-refractivity contribution in [3.05, 3.63) is 44.5 Å². The largest absolute Gasteiger partial charge is 0.336 e. The van der Waals surface area contributed by atoms with Crippen molar-refractivity contribution in [2.45, 2.75) is 20.4 Å². The van der Waals surface area contributed by atoms with Crippen LogP contribution >= 0.6 is 0 Å². The number of amides is 1. The number of rotatable bonds is 3. The minimum absolute atomic E-state index is 0.0391. The number of carbonyl (C=O) groups excluding carboxylic acids is 1. The summed E-state index contributed by atoms with van der Waals surface area (Å²) in [6.07, 6.45) is 0. The second-order valence-electron chi connectivity index (χ2n) is 5.96. The highest BCUT2D eigenvalue weighted by Gasteiger charge is 2.21. The number of fused-ring (bicyclic) bond motifs is 1. The smallest absolute Gasteiger partial charge is 0.316 e. The van der Waals surface area contributed by atoms with Crippen molar-refractivity contribution in [2.75, 3.05) is 32.7 Å². The minimum atomic E-state index is -0.662. The molecular weight excluding hydrogens is 308 g/mol. The van der Waals surface area contributed by atoms with Crippen LogP contribution in [-0.4, -0.2) is 58.0 Å². The Bertz CT molecular complexity index is 876. The Morgan fingerprint density at radius 1 is 1.08 bits per heavy atom. The van der Waals surface area contributed by atoms with Gasteiger partial charge in [-0.25, -0.2) is 0 Å². The van der Waals surface area contributed by atoms with E-state index in [2.05, 4.69) is 16.8 Å². The molecule has 7 nitrogen and oxygen atoms in total. The first kappa shape index (κ1) is 16.4. The van der Waals surface area contributed by atoms with Crippen LogP contribution in [0.4, 0.5) is 0 Å². The molecule has 0 aliphatic carbocycles. The number of nitrogens with one attached hydrogen (secondary N) is 1. The van der Waals surface area contributed by atoms with E-state index in [-0.39, 0.29) is 5.91 Å². The molecule has 1 saturated heterocycles. The summed E-state index contributed by atoms with van der Waals surface area (Å²) in [6, 6.07) is 5.11. The molecule has 1 aliphatic rings. The highest BCUT2D eigenvalue weighted by atomic mass is 16.2. The summed E-state index contributed by atoms with van der Waals surface area (Å²) in [5.41, 5.74) is 0.448. The van der Waals surface area contributed by atoms with Crippen LogP contribution in [-0.2, 0) is 6.54 Å². The highest BCUT2D eigenvalue weighted by Crippen LogP contribution is 2.14. The zero-order chi connectivity index (χ0) is 17.3. The molecule has 1 amide bonds. The number of aromatic nitrogens is 2. The molecule has 1 aliphatic heterocycles. The molecule has 0 bridgehead atoms. The van der Waals surface area contributed by atoms with Gasteiger partial charge in [0, 0.05) is 38.3 Å². The van der Waals surface area contributed by atoms with Crippen molar-refractivity contribution < 1.29 is 4.79 Å². The van der Waals surface area contributed by atoms with Crippen LogP contribution < -0.4 is 11.1 Å². The van der Waals surface area contributed by atoms with E-state index in [1.54, 1.807) is 18.2 Å². The molecule has 2 aromatic rings. The van der Waals surface area contributed by atoms with Gasteiger partial charge in [0.05, 0.1) is 11.0 Å². The first-order valence-corrected chi connectivity index (χ1v) is 8.33. The van der Waals surface area contributed by atoms with Gasteiger partial charge in [-0.1, -0.05) is 6.92 Å². The number of benzene rings is 1. The Morgan fingerprint density at radius 2 is 1.79 bits per heavy atom. The van der Waals surface area contributed by atoms with Gasteiger partial charge in [0.15, 0.2) is 0 Å². The van der Waals surface area contributed by atoms with Crippen LogP contribution in [0.5, 0.6) is 0 Å². The van der Waals surface area contributed by atoms with E-state index in [1.807, 2.05) is 11.8 Å². The van der Waals surface area contributed by atoms with Gasteiger partial charge >= 0.3 is 11.1 Å². The van der Waals surface area contributed by atoms with Gasteiger partial charge in [-0.15, -0.1) is 0 Å². The summed E-state index contributed by atoms with van der Waals surface area (Å²) in [4.78, 5) is 43.1. The van der Waals surface area contributed by atoms with Crippen LogP contribution in [0, 0.1) is 0 Å². The number of aryl methyl sites for hydroxylation is 1. The first-order valence-electron chi connectivity index (χ1n) is 8.33. The first-order chi connectivity index (χ1) is 11.5. The molecule has 0 atom stereocenters. The monoisotopic (exact) mass is 330 g/mol. The van der Waals surface area contributed by atoms with E-state index in [4.69, 9.17) is 0 Å². The minimum Gasteiger partial charge on any atom is -0.336 e. The molecule has 0 spiro atoms. The van der Waals surface area contributed by atoms with Crippen LogP contribution in [0.1, 0.15) is 24.2 Å². The van der Waals surface area contributed by atoms with Crippen molar-refractivity contribution in [3.8, 4) is 0 Å². The van der Waals surface area contributed by atoms with E-state index >= 15 is 0 Å². The quantitative estimate of drug-likeness (QED) is 0.831. The molecule has 24 heavy (non-hydrogen) atoms. The fourth-order valence-electron chi connectivity index (χ4n) is 3.18. The van der Waals surface area contributed by atoms with Gasteiger partial charge in [-0.05, 0) is 31.7 Å². The molecule has 3 rings (SSSR count). The fraction of sp³-hybridized carbons (Fsp3) is 0.471. The average Bonchev–Trinajstić information content (AvgIpc) is 2.62. The molecule has 7 heteroatoms. The van der Waals surface area contributed by atoms with Crippen molar-refractivity contribution >= 4 is 16.9 Å². The maximum absolute atomic E-state index is 12.7. The molecule has 128 valence electrons. The molecule has 0 saturated carbocycles. The molecule has 0 radical (unpaired) electrons. The Morgan fingerprint density at radius 3 is 2.42 bits per heavy atom. The maximum Gasteiger partial charge on any atom is 0.316 e. The number of hydrogen-bond donors (Lipinski definition) is 1. The molecule has 2 heterocycles. The summed E-state index contributed by atoms with van der Waals surface area (Å²) in [5, 5.41) is 0. The molecule has 1 fully saturated rings. The third-order valence-electron chi connectivity index (χ3n) is 4.64. The number of aromatic amines is 1. The summed E-state index contributed by atoms with van der Waals surface area (Å²) < 4.78 is 1.42. The van der Waals surface area contributed by atoms with Gasteiger partial charge in [0.25, 0.3) is 5.91 Å². The number of carbonyl (C=O) groups is 1. The Kier molecular flexibility index (Phi) is 4.53. The number of H-pyrrole nitrogens is 1. The lowest BCUT2D eigenvalue weighted by atomic mass is 10.1. The van der Waals surface area contributed by atoms with Crippen molar-refractivity contribution in [2.24, 2.45) is 0 Å². The average molecular weight is 330 g/mol. The molecular formula is C17H22N4O3. The van der Waals surface area contributed by atoms with E-state index in [0.717, 1.165) is 19.6 Å². The van der Waals surface area contributed by atoms with E-state index in [9.17, 15) is 14.4 Å². The van der Waals surface area contributed by atoms with E-state index in [1.165, 1.54) is 4.57 Å². The van der Waals surface area contributed by atoms with Gasteiger partial charge in [-0.3, -0.25) is 14.4 Å². The van der Waals surface area contributed by atoms with E-state index < -0.39 is 11.1 Å². The molecule has 0 unspecified atom stereocenters. The number of piperazine rings is 1. The Balaban J connectivity index is 1.94. The maximum atomic E-state index is 12.7. The number of hydrogen-bond acceptors (Lipinski definition) is 4. The third kappa shape index (κ3) is 2.87. The van der Waals surface area contributed by atoms with Crippen LogP contribution in [0.25, 0.3) is 11.0 Å². The lowest BCUT2D eigenvalue weighted by molar-refractivity contribution is 0.0643. The number of likely N-dealkylation sites (N-methyl/N-ethyl adjacent to an activating group) is 1. The molecule has 1 aromatic heterocycles. The lowest BCUT2D eigenvalue weighted by Crippen LogP contribution is -2.48. The predicted octanol–water partition coefficient (Wildman–Crippen LogP) is 0.487. The third-order valence-corrected chi connectivity index (χ3v) is 4.64. The summed E-state index contributed by atoms with van der Waals surface area (Å²) in [5.74, 6) is -0.0391. The fourth-order valence-corrected chi connectivity index (χ4v) is 3.18. The zero-order valence-corrected chi connectivity index (χ0v) is 14.0. The molecule has 1 N–H and O–H groups in total. The zero-order valence-electron chi connectivity index (χ0n) is 14.0. The highest BCUT2D eigenvalue weighted by molar-refractivity contribution is 5.97. The van der Waals surface area contributed by atoms with Gasteiger partial charge in [0.2, 0.25) is 0 Å². The second-order valence-corrected chi connectivity index (χ2v) is 5.96. The summed E-state index contributed by atoms with van der Waals surface area (Å²) in [7, 11) is 0. The van der Waals surface area contributed by atoms with Crippen LogP contribution in [0.3, 0.4) is 0 Å². The molecule has 1 aromatic carbocycles. The summed E-state index contributed by atoms with van der Waals surface area (Å²) >= 11 is 0. The topological polar surface area (TPSA) is 78.4 Å². The van der Waals surface area contributed by atoms with Crippen molar-refractivity contribution in [1.82, 2.24) is 19.4 Å². The predicted molar refractivity (Wildman–Crippen MR) is 92.5 cm³/mol. The number of nitrogens with zero attached hydrogens (tertiary/aromatic N) is 3. The van der Waals surface area contributed by atoms with Crippen LogP contribution in [0.2, 0.25) is 0 Å². The van der Waals surface area contributed by atoms with Gasteiger partial charge in [0.1, 0.15) is 0 Å². The van der Waals surface area contributed by atoms with Gasteiger partial charge in [-0.2, -0.15) is 0 Å². The van der Waals surface area contributed by atoms with Gasteiger partial charge < -0.3 is 19.4 Å². The normalized spacial score (nSPS) is 15.8. The van der Waals surface area contributed by atoms with Crippen LogP contribution in [0.15, 0.2) is 27.8 Å². The Hall–Kier alpha value is -2.41. The SMILES string of the molecule is CCN1CCN(C(=O)c2ccc3c(c2)[nH]c(=O)c(=O)n3CC)CC1. The lowest BCUT2D eigenvalue weighted by Gasteiger charge is -2.34. The summed E-state index contributed by atoms with van der Waals surface area (Å²) in [6.45, 7) is 8.49. The van der Waals surface area contributed by atoms with Crippen molar-refractivity contribution in [1.29, 1.82) is 0 Å².